The Hall–Kier alpha value is -2.80. The van der Waals surface area contributed by atoms with Crippen LogP contribution in [-0.2, 0) is 14.3 Å². The number of benzene rings is 2. The van der Waals surface area contributed by atoms with Crippen LogP contribution in [0.2, 0.25) is 0 Å². The molecule has 2 aromatic rings. The quantitative estimate of drug-likeness (QED) is 0.575. The fraction of sp³-hybridized carbons (Fsp3) is 0.250. The lowest BCUT2D eigenvalue weighted by atomic mass is 10.0. The Bertz CT molecular complexity index is 951. The molecule has 0 unspecified atom stereocenters. The zero-order valence-electron chi connectivity index (χ0n) is 15.2. The molecule has 0 atom stereocenters. The van der Waals surface area contributed by atoms with Crippen LogP contribution < -0.4 is 4.74 Å². The fourth-order valence-electron chi connectivity index (χ4n) is 2.81. The van der Waals surface area contributed by atoms with Crippen LogP contribution in [0.5, 0.6) is 5.75 Å². The molecule has 0 saturated carbocycles. The van der Waals surface area contributed by atoms with Gasteiger partial charge in [0.05, 0.1) is 18.1 Å². The summed E-state index contributed by atoms with van der Waals surface area (Å²) in [6.07, 6.45) is 1.36. The first-order chi connectivity index (χ1) is 12.9. The third-order valence-corrected chi connectivity index (χ3v) is 4.86. The number of imide groups is 1. The molecule has 7 heteroatoms. The van der Waals surface area contributed by atoms with E-state index in [-0.39, 0.29) is 17.6 Å². The number of carbonyl (C=O) groups is 3. The maximum absolute atomic E-state index is 12.6. The molecule has 1 aliphatic heterocycles. The maximum Gasteiger partial charge on any atom is 0.326 e. The number of amides is 2. The van der Waals surface area contributed by atoms with Gasteiger partial charge in [-0.05, 0) is 48.7 Å². The first kappa shape index (κ1) is 19.0. The van der Waals surface area contributed by atoms with E-state index in [0.717, 1.165) is 38.7 Å². The lowest BCUT2D eigenvalue weighted by molar-refractivity contribution is -0.149. The number of nitrogens with zero attached hydrogens (tertiary/aromatic N) is 1. The number of hydrogen-bond donors (Lipinski definition) is 0. The molecule has 0 bridgehead atoms. The largest absolute Gasteiger partial charge is 0.496 e. The van der Waals surface area contributed by atoms with Gasteiger partial charge < -0.3 is 9.47 Å². The molecular formula is C20H19NO5S. The molecule has 140 valence electrons. The molecule has 1 fully saturated rings. The third kappa shape index (κ3) is 3.98. The van der Waals surface area contributed by atoms with Gasteiger partial charge in [0, 0.05) is 5.39 Å². The number of carbonyl (C=O) groups excluding carboxylic acids is 3. The zero-order valence-corrected chi connectivity index (χ0v) is 16.0. The van der Waals surface area contributed by atoms with Crippen LogP contribution >= 0.6 is 11.8 Å². The molecule has 0 aliphatic carbocycles. The summed E-state index contributed by atoms with van der Waals surface area (Å²) >= 11 is 0.816. The van der Waals surface area contributed by atoms with Crippen molar-refractivity contribution in [3.8, 4) is 5.75 Å². The fourth-order valence-corrected chi connectivity index (χ4v) is 3.63. The van der Waals surface area contributed by atoms with E-state index in [1.54, 1.807) is 27.0 Å². The van der Waals surface area contributed by atoms with Gasteiger partial charge in [0.15, 0.2) is 0 Å². The van der Waals surface area contributed by atoms with Gasteiger partial charge in [0.25, 0.3) is 11.1 Å². The molecule has 3 rings (SSSR count). The zero-order chi connectivity index (χ0) is 19.6. The van der Waals surface area contributed by atoms with Gasteiger partial charge in [-0.1, -0.05) is 30.3 Å². The molecule has 6 nitrogen and oxygen atoms in total. The van der Waals surface area contributed by atoms with Gasteiger partial charge in [-0.25, -0.2) is 0 Å². The average Bonchev–Trinajstić information content (AvgIpc) is 2.89. The highest BCUT2D eigenvalue weighted by Gasteiger charge is 2.36. The molecule has 2 amide bonds. The minimum absolute atomic E-state index is 0.271. The number of rotatable bonds is 5. The van der Waals surface area contributed by atoms with Crippen molar-refractivity contribution >= 4 is 45.7 Å². The monoisotopic (exact) mass is 385 g/mol. The first-order valence-electron chi connectivity index (χ1n) is 8.41. The van der Waals surface area contributed by atoms with E-state index in [2.05, 4.69) is 0 Å². The number of fused-ring (bicyclic) bond motifs is 1. The van der Waals surface area contributed by atoms with Crippen LogP contribution in [0.25, 0.3) is 16.8 Å². The lowest BCUT2D eigenvalue weighted by Gasteiger charge is -2.13. The van der Waals surface area contributed by atoms with E-state index < -0.39 is 17.1 Å². The number of ether oxygens (including phenoxy) is 2. The number of hydrogen-bond acceptors (Lipinski definition) is 6. The third-order valence-electron chi connectivity index (χ3n) is 3.95. The Balaban J connectivity index is 1.90. The number of thioether (sulfide) groups is 1. The molecule has 1 heterocycles. The van der Waals surface area contributed by atoms with Gasteiger partial charge >= 0.3 is 5.97 Å². The van der Waals surface area contributed by atoms with Crippen molar-refractivity contribution in [3.05, 3.63) is 46.9 Å². The molecule has 27 heavy (non-hydrogen) atoms. The SMILES string of the molecule is COc1ccc(/C=C2\SC(=O)N(CC(=O)OC(C)C)C2=O)c2ccccc12. The molecular weight excluding hydrogens is 366 g/mol. The highest BCUT2D eigenvalue weighted by Crippen LogP contribution is 2.35. The van der Waals surface area contributed by atoms with E-state index in [4.69, 9.17) is 9.47 Å². The molecule has 2 aromatic carbocycles. The minimum Gasteiger partial charge on any atom is -0.496 e. The second-order valence-electron chi connectivity index (χ2n) is 6.21. The molecule has 0 aromatic heterocycles. The molecule has 1 saturated heterocycles. The summed E-state index contributed by atoms with van der Waals surface area (Å²) in [5.41, 5.74) is 0.793. The first-order valence-corrected chi connectivity index (χ1v) is 9.23. The Kier molecular flexibility index (Phi) is 5.51. The van der Waals surface area contributed by atoms with E-state index in [9.17, 15) is 14.4 Å². The van der Waals surface area contributed by atoms with Crippen molar-refractivity contribution < 1.29 is 23.9 Å². The van der Waals surface area contributed by atoms with Crippen molar-refractivity contribution in [3.63, 3.8) is 0 Å². The number of esters is 1. The maximum atomic E-state index is 12.6. The summed E-state index contributed by atoms with van der Waals surface area (Å²) in [7, 11) is 1.60. The van der Waals surface area contributed by atoms with Crippen molar-refractivity contribution in [2.24, 2.45) is 0 Å². The second-order valence-corrected chi connectivity index (χ2v) is 7.20. The Morgan fingerprint density at radius 2 is 1.85 bits per heavy atom. The highest BCUT2D eigenvalue weighted by atomic mass is 32.2. The Morgan fingerprint density at radius 1 is 1.15 bits per heavy atom. The van der Waals surface area contributed by atoms with Crippen LogP contribution in [-0.4, -0.2) is 41.8 Å². The van der Waals surface area contributed by atoms with Gasteiger partial charge in [0.2, 0.25) is 0 Å². The van der Waals surface area contributed by atoms with Crippen LogP contribution in [0.15, 0.2) is 41.3 Å². The summed E-state index contributed by atoms with van der Waals surface area (Å²) in [5.74, 6) is -0.374. The minimum atomic E-state index is -0.608. The highest BCUT2D eigenvalue weighted by molar-refractivity contribution is 8.18. The topological polar surface area (TPSA) is 72.9 Å². The Morgan fingerprint density at radius 3 is 2.52 bits per heavy atom. The lowest BCUT2D eigenvalue weighted by Crippen LogP contribution is -2.35. The van der Waals surface area contributed by atoms with Crippen molar-refractivity contribution in [2.75, 3.05) is 13.7 Å². The smallest absolute Gasteiger partial charge is 0.326 e. The molecule has 1 aliphatic rings. The number of methoxy groups -OCH3 is 1. The molecule has 0 radical (unpaired) electrons. The van der Waals surface area contributed by atoms with E-state index in [1.165, 1.54) is 0 Å². The van der Waals surface area contributed by atoms with E-state index >= 15 is 0 Å². The second kappa shape index (κ2) is 7.84. The summed E-state index contributed by atoms with van der Waals surface area (Å²) in [6.45, 7) is 3.03. The van der Waals surface area contributed by atoms with E-state index in [0.29, 0.717) is 0 Å². The summed E-state index contributed by atoms with van der Waals surface area (Å²) < 4.78 is 10.4. The standard InChI is InChI=1S/C20H19NO5S/c1-12(2)26-18(22)11-21-19(23)17(27-20(21)24)10-13-8-9-16(25-3)15-7-5-4-6-14(13)15/h4-10,12H,11H2,1-3H3/b17-10-. The summed E-state index contributed by atoms with van der Waals surface area (Å²) in [5, 5.41) is 1.33. The van der Waals surface area contributed by atoms with Crippen LogP contribution in [0, 0.1) is 0 Å². The van der Waals surface area contributed by atoms with Crippen LogP contribution in [0.1, 0.15) is 19.4 Å². The van der Waals surface area contributed by atoms with Crippen molar-refractivity contribution in [1.82, 2.24) is 4.90 Å². The van der Waals surface area contributed by atoms with Gasteiger partial charge in [-0.3, -0.25) is 19.3 Å². The van der Waals surface area contributed by atoms with Crippen LogP contribution in [0.4, 0.5) is 4.79 Å². The normalized spacial score (nSPS) is 15.9. The average molecular weight is 385 g/mol. The van der Waals surface area contributed by atoms with Gasteiger partial charge in [-0.15, -0.1) is 0 Å². The predicted octanol–water partition coefficient (Wildman–Crippen LogP) is 3.84. The summed E-state index contributed by atoms with van der Waals surface area (Å²) in [4.78, 5) is 37.7. The van der Waals surface area contributed by atoms with Gasteiger partial charge in [0.1, 0.15) is 12.3 Å². The van der Waals surface area contributed by atoms with Crippen LogP contribution in [0.3, 0.4) is 0 Å². The van der Waals surface area contributed by atoms with Crippen molar-refractivity contribution in [2.45, 2.75) is 20.0 Å². The Labute approximate surface area is 161 Å². The molecule has 0 spiro atoms. The predicted molar refractivity (Wildman–Crippen MR) is 104 cm³/mol. The summed E-state index contributed by atoms with van der Waals surface area (Å²) in [6, 6.07) is 11.3. The van der Waals surface area contributed by atoms with E-state index in [1.807, 2.05) is 36.4 Å². The van der Waals surface area contributed by atoms with Crippen molar-refractivity contribution in [1.29, 1.82) is 0 Å². The molecule has 0 N–H and O–H groups in total. The van der Waals surface area contributed by atoms with Gasteiger partial charge in [-0.2, -0.15) is 0 Å².